The summed E-state index contributed by atoms with van der Waals surface area (Å²) in [4.78, 5) is 36.2. The fraction of sp³-hybridized carbons (Fsp3) is 0.480. The molecule has 0 bridgehead atoms. The number of anilines is 1. The predicted molar refractivity (Wildman–Crippen MR) is 129 cm³/mol. The highest BCUT2D eigenvalue weighted by molar-refractivity contribution is 7.18. The Kier molecular flexibility index (Phi) is 6.11. The second-order valence-corrected chi connectivity index (χ2v) is 9.94. The number of carbonyl (C=O) groups excluding carboxylic acids is 1. The molecule has 1 amide bonds. The topological polar surface area (TPSA) is 67.2 Å². The molecular formula is C25H30N4O2S. The third-order valence-electron chi connectivity index (χ3n) is 6.69. The van der Waals surface area contributed by atoms with E-state index in [0.29, 0.717) is 12.4 Å². The number of aryl methyl sites for hydroxylation is 3. The van der Waals surface area contributed by atoms with E-state index in [1.165, 1.54) is 29.7 Å². The Labute approximate surface area is 192 Å². The van der Waals surface area contributed by atoms with Crippen LogP contribution in [0.4, 0.5) is 5.69 Å². The summed E-state index contributed by atoms with van der Waals surface area (Å²) in [7, 11) is 0. The Hall–Kier alpha value is -2.51. The summed E-state index contributed by atoms with van der Waals surface area (Å²) in [6.45, 7) is 4.72. The van der Waals surface area contributed by atoms with Crippen molar-refractivity contribution in [3.8, 4) is 0 Å². The quantitative estimate of drug-likeness (QED) is 0.613. The monoisotopic (exact) mass is 450 g/mol. The molecule has 5 rings (SSSR count). The van der Waals surface area contributed by atoms with Gasteiger partial charge in [0.1, 0.15) is 17.2 Å². The van der Waals surface area contributed by atoms with Crippen molar-refractivity contribution in [3.05, 3.63) is 56.4 Å². The largest absolute Gasteiger partial charge is 0.324 e. The Bertz CT molecular complexity index is 1210. The lowest BCUT2D eigenvalue weighted by Gasteiger charge is -2.19. The zero-order valence-corrected chi connectivity index (χ0v) is 19.5. The number of fused-ring (bicyclic) bond motifs is 3. The number of carbonyl (C=O) groups is 1. The summed E-state index contributed by atoms with van der Waals surface area (Å²) in [5.74, 6) is 0.530. The number of para-hydroxylation sites is 1. The number of nitrogens with one attached hydrogen (secondary N) is 1. The molecule has 1 aromatic carbocycles. The average Bonchev–Trinajstić information content (AvgIpc) is 3.44. The van der Waals surface area contributed by atoms with Gasteiger partial charge in [0.25, 0.3) is 5.56 Å². The molecule has 7 heteroatoms. The fourth-order valence-corrected chi connectivity index (χ4v) is 6.26. The molecule has 0 atom stereocenters. The number of rotatable bonds is 6. The van der Waals surface area contributed by atoms with Crippen molar-refractivity contribution in [2.45, 2.75) is 65.0 Å². The zero-order chi connectivity index (χ0) is 22.1. The second-order valence-electron chi connectivity index (χ2n) is 8.85. The third-order valence-corrected chi connectivity index (χ3v) is 7.88. The van der Waals surface area contributed by atoms with Gasteiger partial charge in [0.15, 0.2) is 0 Å². The molecule has 3 heterocycles. The van der Waals surface area contributed by atoms with Gasteiger partial charge in [0.2, 0.25) is 5.91 Å². The smallest absolute Gasteiger partial charge is 0.263 e. The van der Waals surface area contributed by atoms with E-state index in [1.54, 1.807) is 15.9 Å². The summed E-state index contributed by atoms with van der Waals surface area (Å²) in [5, 5.41) is 3.77. The van der Waals surface area contributed by atoms with Gasteiger partial charge < -0.3 is 5.32 Å². The highest BCUT2D eigenvalue weighted by Crippen LogP contribution is 2.34. The first-order valence-corrected chi connectivity index (χ1v) is 12.6. The van der Waals surface area contributed by atoms with Gasteiger partial charge in [-0.05, 0) is 75.2 Å². The van der Waals surface area contributed by atoms with Crippen molar-refractivity contribution < 1.29 is 4.79 Å². The maximum absolute atomic E-state index is 13.7. The van der Waals surface area contributed by atoms with Gasteiger partial charge in [-0.2, -0.15) is 0 Å². The van der Waals surface area contributed by atoms with Crippen LogP contribution >= 0.6 is 11.3 Å². The SMILES string of the molecule is CCc1ccccc1NC(=O)Cn1c(CN2CCCC2)nc2sc3c(c2c1=O)CCCC3. The normalized spacial score (nSPS) is 16.4. The van der Waals surface area contributed by atoms with Gasteiger partial charge >= 0.3 is 0 Å². The number of hydrogen-bond donors (Lipinski definition) is 1. The molecule has 0 spiro atoms. The number of amides is 1. The van der Waals surface area contributed by atoms with Gasteiger partial charge in [-0.25, -0.2) is 4.98 Å². The summed E-state index contributed by atoms with van der Waals surface area (Å²) < 4.78 is 1.63. The Balaban J connectivity index is 1.52. The molecule has 0 radical (unpaired) electrons. The first-order chi connectivity index (χ1) is 15.6. The molecule has 6 nitrogen and oxygen atoms in total. The molecule has 2 aromatic heterocycles. The average molecular weight is 451 g/mol. The minimum atomic E-state index is -0.180. The van der Waals surface area contributed by atoms with Crippen LogP contribution in [0.3, 0.4) is 0 Å². The first-order valence-electron chi connectivity index (χ1n) is 11.8. The molecule has 1 saturated heterocycles. The second kappa shape index (κ2) is 9.16. The highest BCUT2D eigenvalue weighted by Gasteiger charge is 2.24. The van der Waals surface area contributed by atoms with Crippen LogP contribution in [0.2, 0.25) is 0 Å². The molecule has 32 heavy (non-hydrogen) atoms. The number of hydrogen-bond acceptors (Lipinski definition) is 5. The molecule has 1 N–H and O–H groups in total. The van der Waals surface area contributed by atoms with Gasteiger partial charge in [0.05, 0.1) is 11.9 Å². The van der Waals surface area contributed by atoms with Crippen LogP contribution in [0, 0.1) is 0 Å². The molecule has 1 fully saturated rings. The number of benzene rings is 1. The van der Waals surface area contributed by atoms with E-state index in [4.69, 9.17) is 4.98 Å². The Morgan fingerprint density at radius 3 is 2.72 bits per heavy atom. The standard InChI is InChI=1S/C25H30N4O2S/c1-2-17-9-3-5-11-19(17)26-22(30)16-29-21(15-28-13-7-8-14-28)27-24-23(25(29)31)18-10-4-6-12-20(18)32-24/h3,5,9,11H,2,4,6-8,10,12-16H2,1H3,(H,26,30). The minimum Gasteiger partial charge on any atom is -0.324 e. The summed E-state index contributed by atoms with van der Waals surface area (Å²) in [6.07, 6.45) is 7.45. The Morgan fingerprint density at radius 1 is 1.12 bits per heavy atom. The number of nitrogens with zero attached hydrogens (tertiary/aromatic N) is 3. The maximum atomic E-state index is 13.7. The lowest BCUT2D eigenvalue weighted by molar-refractivity contribution is -0.116. The van der Waals surface area contributed by atoms with Crippen LogP contribution in [0.25, 0.3) is 10.2 Å². The Morgan fingerprint density at radius 2 is 1.91 bits per heavy atom. The number of likely N-dealkylation sites (tertiary alicyclic amines) is 1. The predicted octanol–water partition coefficient (Wildman–Crippen LogP) is 4.13. The van der Waals surface area contributed by atoms with E-state index in [2.05, 4.69) is 17.1 Å². The highest BCUT2D eigenvalue weighted by atomic mass is 32.1. The van der Waals surface area contributed by atoms with Crippen molar-refractivity contribution in [3.63, 3.8) is 0 Å². The van der Waals surface area contributed by atoms with Crippen LogP contribution in [-0.2, 0) is 37.1 Å². The molecular weight excluding hydrogens is 420 g/mol. The third kappa shape index (κ3) is 4.11. The summed E-state index contributed by atoms with van der Waals surface area (Å²) in [5.41, 5.74) is 3.02. The summed E-state index contributed by atoms with van der Waals surface area (Å²) in [6, 6.07) is 7.84. The fourth-order valence-electron chi connectivity index (χ4n) is 4.99. The lowest BCUT2D eigenvalue weighted by atomic mass is 9.97. The minimum absolute atomic E-state index is 0.00633. The molecule has 1 aliphatic heterocycles. The molecule has 168 valence electrons. The van der Waals surface area contributed by atoms with E-state index < -0.39 is 0 Å². The molecule has 1 aliphatic carbocycles. The first kappa shape index (κ1) is 21.3. The lowest BCUT2D eigenvalue weighted by Crippen LogP contribution is -2.34. The van der Waals surface area contributed by atoms with Crippen molar-refractivity contribution >= 4 is 33.1 Å². The van der Waals surface area contributed by atoms with Crippen LogP contribution in [0.5, 0.6) is 0 Å². The molecule has 3 aromatic rings. The van der Waals surface area contributed by atoms with Crippen LogP contribution < -0.4 is 10.9 Å². The van der Waals surface area contributed by atoms with E-state index >= 15 is 0 Å². The van der Waals surface area contributed by atoms with Gasteiger partial charge in [-0.3, -0.25) is 19.1 Å². The molecule has 0 saturated carbocycles. The van der Waals surface area contributed by atoms with Gasteiger partial charge in [-0.1, -0.05) is 25.1 Å². The maximum Gasteiger partial charge on any atom is 0.263 e. The van der Waals surface area contributed by atoms with E-state index in [9.17, 15) is 9.59 Å². The molecule has 0 unspecified atom stereocenters. The van der Waals surface area contributed by atoms with Crippen LogP contribution in [0.15, 0.2) is 29.1 Å². The summed E-state index contributed by atoms with van der Waals surface area (Å²) >= 11 is 1.68. The van der Waals surface area contributed by atoms with Gasteiger partial charge in [-0.15, -0.1) is 11.3 Å². The van der Waals surface area contributed by atoms with Crippen molar-refractivity contribution in [1.29, 1.82) is 0 Å². The number of thiophene rings is 1. The van der Waals surface area contributed by atoms with E-state index in [-0.39, 0.29) is 18.0 Å². The van der Waals surface area contributed by atoms with Crippen LogP contribution in [-0.4, -0.2) is 33.4 Å². The van der Waals surface area contributed by atoms with Gasteiger partial charge in [0, 0.05) is 10.6 Å². The van der Waals surface area contributed by atoms with Crippen molar-refractivity contribution in [2.75, 3.05) is 18.4 Å². The van der Waals surface area contributed by atoms with Crippen LogP contribution in [0.1, 0.15) is 54.4 Å². The van der Waals surface area contributed by atoms with Crippen molar-refractivity contribution in [2.24, 2.45) is 0 Å². The zero-order valence-electron chi connectivity index (χ0n) is 18.7. The number of aromatic nitrogens is 2. The van der Waals surface area contributed by atoms with E-state index in [1.807, 2.05) is 24.3 Å². The molecule has 2 aliphatic rings. The van der Waals surface area contributed by atoms with Crippen molar-refractivity contribution in [1.82, 2.24) is 14.5 Å². The van der Waals surface area contributed by atoms with E-state index in [0.717, 1.165) is 60.2 Å².